The highest BCUT2D eigenvalue weighted by Gasteiger charge is 2.18. The predicted molar refractivity (Wildman–Crippen MR) is 82.0 cm³/mol. The molecular formula is C17H24N2. The van der Waals surface area contributed by atoms with E-state index < -0.39 is 0 Å². The van der Waals surface area contributed by atoms with Gasteiger partial charge in [0.25, 0.3) is 0 Å². The third kappa shape index (κ3) is 3.32. The summed E-state index contributed by atoms with van der Waals surface area (Å²) in [4.78, 5) is 4.36. The van der Waals surface area contributed by atoms with Gasteiger partial charge in [0, 0.05) is 17.6 Å². The number of nitrogens with zero attached hydrogens (tertiary/aromatic N) is 1. The largest absolute Gasteiger partial charge is 0.324 e. The molecule has 1 atom stereocenters. The van der Waals surface area contributed by atoms with Crippen LogP contribution in [0.3, 0.4) is 0 Å². The van der Waals surface area contributed by atoms with Gasteiger partial charge < -0.3 is 5.73 Å². The van der Waals surface area contributed by atoms with Gasteiger partial charge in [0.15, 0.2) is 0 Å². The number of hydrogen-bond acceptors (Lipinski definition) is 2. The molecule has 1 unspecified atom stereocenters. The molecule has 2 aromatic rings. The SMILES string of the molecule is CCCC(CCC)C(N)c1ccc2ncccc2c1. The van der Waals surface area contributed by atoms with Crippen molar-refractivity contribution in [1.82, 2.24) is 4.98 Å². The lowest BCUT2D eigenvalue weighted by molar-refractivity contribution is 0.369. The summed E-state index contributed by atoms with van der Waals surface area (Å²) in [5.74, 6) is 0.587. The Morgan fingerprint density at radius 3 is 2.53 bits per heavy atom. The van der Waals surface area contributed by atoms with E-state index >= 15 is 0 Å². The van der Waals surface area contributed by atoms with E-state index in [1.165, 1.54) is 36.6 Å². The first kappa shape index (κ1) is 14.0. The number of rotatable bonds is 6. The van der Waals surface area contributed by atoms with Crippen LogP contribution >= 0.6 is 0 Å². The zero-order chi connectivity index (χ0) is 13.7. The molecule has 0 aliphatic carbocycles. The van der Waals surface area contributed by atoms with Crippen molar-refractivity contribution >= 4 is 10.9 Å². The zero-order valence-electron chi connectivity index (χ0n) is 12.0. The van der Waals surface area contributed by atoms with Gasteiger partial charge in [0.05, 0.1) is 5.52 Å². The smallest absolute Gasteiger partial charge is 0.0702 e. The maximum atomic E-state index is 6.48. The highest BCUT2D eigenvalue weighted by atomic mass is 14.7. The van der Waals surface area contributed by atoms with Crippen LogP contribution in [0.2, 0.25) is 0 Å². The lowest BCUT2D eigenvalue weighted by atomic mass is 9.86. The second-order valence-corrected chi connectivity index (χ2v) is 5.32. The summed E-state index contributed by atoms with van der Waals surface area (Å²) < 4.78 is 0. The summed E-state index contributed by atoms with van der Waals surface area (Å²) in [7, 11) is 0. The van der Waals surface area contributed by atoms with E-state index in [9.17, 15) is 0 Å². The second kappa shape index (κ2) is 6.67. The van der Waals surface area contributed by atoms with Crippen LogP contribution in [0.25, 0.3) is 10.9 Å². The summed E-state index contributed by atoms with van der Waals surface area (Å²) in [5.41, 5.74) is 8.77. The minimum Gasteiger partial charge on any atom is -0.324 e. The first-order valence-corrected chi connectivity index (χ1v) is 7.36. The molecule has 0 radical (unpaired) electrons. The van der Waals surface area contributed by atoms with Gasteiger partial charge in [-0.1, -0.05) is 38.8 Å². The van der Waals surface area contributed by atoms with E-state index in [0.29, 0.717) is 5.92 Å². The molecule has 2 rings (SSSR count). The molecule has 1 aromatic carbocycles. The van der Waals surface area contributed by atoms with Crippen LogP contribution in [0.5, 0.6) is 0 Å². The quantitative estimate of drug-likeness (QED) is 0.829. The monoisotopic (exact) mass is 256 g/mol. The van der Waals surface area contributed by atoms with Gasteiger partial charge in [0.1, 0.15) is 0 Å². The molecule has 0 saturated heterocycles. The van der Waals surface area contributed by atoms with Crippen LogP contribution < -0.4 is 5.73 Å². The molecule has 1 heterocycles. The molecule has 0 aliphatic heterocycles. The van der Waals surface area contributed by atoms with Crippen LogP contribution in [-0.2, 0) is 0 Å². The van der Waals surface area contributed by atoms with E-state index in [0.717, 1.165) is 5.52 Å². The second-order valence-electron chi connectivity index (χ2n) is 5.32. The molecule has 2 nitrogen and oxygen atoms in total. The molecule has 2 N–H and O–H groups in total. The topological polar surface area (TPSA) is 38.9 Å². The number of pyridine rings is 1. The van der Waals surface area contributed by atoms with E-state index in [1.807, 2.05) is 12.3 Å². The molecule has 0 bridgehead atoms. The van der Waals surface area contributed by atoms with Crippen molar-refractivity contribution in [2.75, 3.05) is 0 Å². The number of fused-ring (bicyclic) bond motifs is 1. The van der Waals surface area contributed by atoms with Crippen LogP contribution in [0.15, 0.2) is 36.5 Å². The predicted octanol–water partition coefficient (Wildman–Crippen LogP) is 4.45. The van der Waals surface area contributed by atoms with Crippen molar-refractivity contribution in [3.8, 4) is 0 Å². The number of nitrogens with two attached hydrogens (primary N) is 1. The Morgan fingerprint density at radius 2 is 1.84 bits per heavy atom. The summed E-state index contributed by atoms with van der Waals surface area (Å²) in [5, 5.41) is 1.18. The maximum Gasteiger partial charge on any atom is 0.0702 e. The Morgan fingerprint density at radius 1 is 1.11 bits per heavy atom. The summed E-state index contributed by atoms with van der Waals surface area (Å²) >= 11 is 0. The van der Waals surface area contributed by atoms with Gasteiger partial charge in [-0.25, -0.2) is 0 Å². The number of hydrogen-bond donors (Lipinski definition) is 1. The molecule has 0 fully saturated rings. The van der Waals surface area contributed by atoms with Crippen molar-refractivity contribution in [1.29, 1.82) is 0 Å². The lowest BCUT2D eigenvalue weighted by Gasteiger charge is -2.23. The third-order valence-electron chi connectivity index (χ3n) is 3.84. The fourth-order valence-corrected chi connectivity index (χ4v) is 2.82. The minimum atomic E-state index is 0.143. The highest BCUT2D eigenvalue weighted by molar-refractivity contribution is 5.79. The van der Waals surface area contributed by atoms with Crippen molar-refractivity contribution in [2.45, 2.75) is 45.6 Å². The Kier molecular flexibility index (Phi) is 4.92. The van der Waals surface area contributed by atoms with Crippen LogP contribution in [-0.4, -0.2) is 4.98 Å². The Hall–Kier alpha value is -1.41. The molecular weight excluding hydrogens is 232 g/mol. The molecule has 0 spiro atoms. The average Bonchev–Trinajstić information content (AvgIpc) is 2.46. The average molecular weight is 256 g/mol. The van der Waals surface area contributed by atoms with Gasteiger partial charge in [0.2, 0.25) is 0 Å². The van der Waals surface area contributed by atoms with Gasteiger partial charge in [-0.2, -0.15) is 0 Å². The zero-order valence-corrected chi connectivity index (χ0v) is 12.0. The van der Waals surface area contributed by atoms with Crippen LogP contribution in [0, 0.1) is 5.92 Å². The molecule has 0 saturated carbocycles. The van der Waals surface area contributed by atoms with Crippen molar-refractivity contribution in [2.24, 2.45) is 11.7 Å². The molecule has 0 amide bonds. The number of benzene rings is 1. The fraction of sp³-hybridized carbons (Fsp3) is 0.471. The van der Waals surface area contributed by atoms with E-state index in [4.69, 9.17) is 5.73 Å². The van der Waals surface area contributed by atoms with E-state index in [1.54, 1.807) is 0 Å². The van der Waals surface area contributed by atoms with Gasteiger partial charge in [-0.05, 0) is 42.5 Å². The van der Waals surface area contributed by atoms with E-state index in [-0.39, 0.29) is 6.04 Å². The van der Waals surface area contributed by atoms with E-state index in [2.05, 4.69) is 43.1 Å². The summed E-state index contributed by atoms with van der Waals surface area (Å²) in [6.07, 6.45) is 6.65. The third-order valence-corrected chi connectivity index (χ3v) is 3.84. The van der Waals surface area contributed by atoms with Crippen molar-refractivity contribution < 1.29 is 0 Å². The van der Waals surface area contributed by atoms with Gasteiger partial charge in [-0.15, -0.1) is 0 Å². The first-order chi connectivity index (χ1) is 9.26. The number of aromatic nitrogens is 1. The Labute approximate surface area is 116 Å². The first-order valence-electron chi connectivity index (χ1n) is 7.36. The van der Waals surface area contributed by atoms with Crippen LogP contribution in [0.1, 0.15) is 51.1 Å². The van der Waals surface area contributed by atoms with Crippen molar-refractivity contribution in [3.05, 3.63) is 42.1 Å². The molecule has 1 aromatic heterocycles. The Bertz CT molecular complexity index is 515. The summed E-state index contributed by atoms with van der Waals surface area (Å²) in [6, 6.07) is 10.6. The molecule has 2 heteroatoms. The van der Waals surface area contributed by atoms with Crippen LogP contribution in [0.4, 0.5) is 0 Å². The normalized spacial score (nSPS) is 13.1. The molecule has 102 valence electrons. The maximum absolute atomic E-state index is 6.48. The fourth-order valence-electron chi connectivity index (χ4n) is 2.82. The van der Waals surface area contributed by atoms with Gasteiger partial charge in [-0.3, -0.25) is 4.98 Å². The minimum absolute atomic E-state index is 0.143. The highest BCUT2D eigenvalue weighted by Crippen LogP contribution is 2.29. The van der Waals surface area contributed by atoms with Crippen molar-refractivity contribution in [3.63, 3.8) is 0 Å². The standard InChI is InChI=1S/C17H24N2/c1-3-6-13(7-4-2)17(18)15-9-10-16-14(12-15)8-5-11-19-16/h5,8-13,17H,3-4,6-7,18H2,1-2H3. The summed E-state index contributed by atoms with van der Waals surface area (Å²) in [6.45, 7) is 4.47. The Balaban J connectivity index is 2.26. The van der Waals surface area contributed by atoms with Gasteiger partial charge >= 0.3 is 0 Å². The molecule has 19 heavy (non-hydrogen) atoms. The molecule has 0 aliphatic rings. The lowest BCUT2D eigenvalue weighted by Crippen LogP contribution is -2.21.